The van der Waals surface area contributed by atoms with Gasteiger partial charge in [0.2, 0.25) is 0 Å². The molecule has 15 heavy (non-hydrogen) atoms. The van der Waals surface area contributed by atoms with Gasteiger partial charge in [-0.1, -0.05) is 12.7 Å². The summed E-state index contributed by atoms with van der Waals surface area (Å²) in [7, 11) is 1.41. The van der Waals surface area contributed by atoms with E-state index in [2.05, 4.69) is 6.58 Å². The Kier molecular flexibility index (Phi) is 3.74. The summed E-state index contributed by atoms with van der Waals surface area (Å²) in [5, 5.41) is 9.30. The van der Waals surface area contributed by atoms with Crippen molar-refractivity contribution >= 4 is 5.97 Å². The van der Waals surface area contributed by atoms with Crippen LogP contribution in [-0.4, -0.2) is 24.8 Å². The lowest BCUT2D eigenvalue weighted by atomic mass is 10.2. The van der Waals surface area contributed by atoms with E-state index in [-0.39, 0.29) is 18.1 Å². The fraction of sp³-hybridized carbons (Fsp3) is 0.182. The smallest absolute Gasteiger partial charge is 0.338 e. The summed E-state index contributed by atoms with van der Waals surface area (Å²) >= 11 is 0. The van der Waals surface area contributed by atoms with Crippen molar-refractivity contribution in [2.45, 2.75) is 0 Å². The molecule has 0 radical (unpaired) electrons. The summed E-state index contributed by atoms with van der Waals surface area (Å²) in [4.78, 5) is 11.4. The topological polar surface area (TPSA) is 55.8 Å². The average Bonchev–Trinajstić information content (AvgIpc) is 2.26. The average molecular weight is 208 g/mol. The normalized spacial score (nSPS) is 9.40. The van der Waals surface area contributed by atoms with Gasteiger partial charge in [0.25, 0.3) is 0 Å². The zero-order valence-electron chi connectivity index (χ0n) is 8.40. The van der Waals surface area contributed by atoms with Gasteiger partial charge in [-0.2, -0.15) is 0 Å². The first kappa shape index (κ1) is 11.1. The number of methoxy groups -OCH3 is 1. The molecule has 1 aromatic carbocycles. The van der Waals surface area contributed by atoms with Crippen LogP contribution in [0.5, 0.6) is 11.5 Å². The van der Waals surface area contributed by atoms with E-state index < -0.39 is 5.97 Å². The van der Waals surface area contributed by atoms with E-state index in [1.54, 1.807) is 0 Å². The van der Waals surface area contributed by atoms with Gasteiger partial charge in [-0.3, -0.25) is 0 Å². The number of carbonyl (C=O) groups is 1. The number of hydrogen-bond donors (Lipinski definition) is 1. The molecule has 0 saturated heterocycles. The molecular weight excluding hydrogens is 196 g/mol. The number of ether oxygens (including phenoxy) is 2. The van der Waals surface area contributed by atoms with Crippen molar-refractivity contribution in [2.75, 3.05) is 13.7 Å². The molecule has 0 heterocycles. The predicted octanol–water partition coefficient (Wildman–Crippen LogP) is 1.74. The Bertz CT molecular complexity index is 371. The molecule has 0 saturated carbocycles. The van der Waals surface area contributed by atoms with Crippen molar-refractivity contribution in [1.29, 1.82) is 0 Å². The van der Waals surface area contributed by atoms with Crippen molar-refractivity contribution in [3.05, 3.63) is 36.4 Å². The minimum atomic E-state index is -0.479. The third-order valence-electron chi connectivity index (χ3n) is 1.75. The summed E-state index contributed by atoms with van der Waals surface area (Å²) in [5.41, 5.74) is 0.325. The Morgan fingerprint density at radius 3 is 2.93 bits per heavy atom. The Labute approximate surface area is 87.7 Å². The lowest BCUT2D eigenvalue weighted by molar-refractivity contribution is 0.0549. The molecule has 1 rings (SSSR count). The van der Waals surface area contributed by atoms with Crippen LogP contribution in [0.3, 0.4) is 0 Å². The van der Waals surface area contributed by atoms with Gasteiger partial charge in [-0.05, 0) is 18.2 Å². The minimum Gasteiger partial charge on any atom is -0.504 e. The second kappa shape index (κ2) is 5.05. The van der Waals surface area contributed by atoms with Gasteiger partial charge in [0.05, 0.1) is 12.7 Å². The van der Waals surface area contributed by atoms with Crippen molar-refractivity contribution in [1.82, 2.24) is 0 Å². The number of benzene rings is 1. The van der Waals surface area contributed by atoms with Crippen molar-refractivity contribution in [3.63, 3.8) is 0 Å². The van der Waals surface area contributed by atoms with Crippen LogP contribution in [-0.2, 0) is 4.74 Å². The van der Waals surface area contributed by atoms with Crippen molar-refractivity contribution < 1.29 is 19.4 Å². The van der Waals surface area contributed by atoms with Gasteiger partial charge in [-0.25, -0.2) is 4.79 Å². The highest BCUT2D eigenvalue weighted by molar-refractivity contribution is 5.90. The van der Waals surface area contributed by atoms with Crippen LogP contribution >= 0.6 is 0 Å². The molecular formula is C11H12O4. The molecule has 0 aliphatic heterocycles. The Balaban J connectivity index is 2.85. The number of rotatable bonds is 4. The lowest BCUT2D eigenvalue weighted by Gasteiger charge is -2.05. The maximum absolute atomic E-state index is 11.4. The lowest BCUT2D eigenvalue weighted by Crippen LogP contribution is -2.05. The van der Waals surface area contributed by atoms with E-state index in [1.807, 2.05) is 0 Å². The third-order valence-corrected chi connectivity index (χ3v) is 1.75. The molecule has 0 aliphatic rings. The maximum atomic E-state index is 11.4. The summed E-state index contributed by atoms with van der Waals surface area (Å²) < 4.78 is 9.68. The zero-order valence-corrected chi connectivity index (χ0v) is 8.40. The molecule has 0 unspecified atom stereocenters. The van der Waals surface area contributed by atoms with E-state index in [1.165, 1.54) is 31.4 Å². The van der Waals surface area contributed by atoms with Gasteiger partial charge in [-0.15, -0.1) is 0 Å². The third kappa shape index (κ3) is 2.74. The zero-order chi connectivity index (χ0) is 11.3. The van der Waals surface area contributed by atoms with E-state index in [4.69, 9.17) is 9.47 Å². The molecule has 4 heteroatoms. The quantitative estimate of drug-likeness (QED) is 0.605. The number of phenols is 1. The van der Waals surface area contributed by atoms with Crippen LogP contribution in [0, 0.1) is 0 Å². The van der Waals surface area contributed by atoms with Crippen molar-refractivity contribution in [3.8, 4) is 11.5 Å². The molecule has 0 bridgehead atoms. The molecule has 0 spiro atoms. The Morgan fingerprint density at radius 2 is 2.33 bits per heavy atom. The first-order valence-corrected chi connectivity index (χ1v) is 4.34. The Hall–Kier alpha value is -1.97. The van der Waals surface area contributed by atoms with E-state index in [9.17, 15) is 9.90 Å². The van der Waals surface area contributed by atoms with Gasteiger partial charge < -0.3 is 14.6 Å². The number of carbonyl (C=O) groups excluding carboxylic acids is 1. The Morgan fingerprint density at radius 1 is 1.60 bits per heavy atom. The standard InChI is InChI=1S/C11H12O4/c1-3-6-15-11(13)8-4-5-9(12)10(7-8)14-2/h3-5,7,12H,1,6H2,2H3. The highest BCUT2D eigenvalue weighted by Gasteiger charge is 2.09. The van der Waals surface area contributed by atoms with E-state index >= 15 is 0 Å². The molecule has 80 valence electrons. The summed E-state index contributed by atoms with van der Waals surface area (Å²) in [6.07, 6.45) is 1.48. The largest absolute Gasteiger partial charge is 0.504 e. The number of hydrogen-bond acceptors (Lipinski definition) is 4. The SMILES string of the molecule is C=CCOC(=O)c1ccc(O)c(OC)c1. The van der Waals surface area contributed by atoms with Crippen LogP contribution < -0.4 is 4.74 Å². The molecule has 4 nitrogen and oxygen atoms in total. The summed E-state index contributed by atoms with van der Waals surface area (Å²) in [6.45, 7) is 3.59. The minimum absolute atomic E-state index is 0.0160. The summed E-state index contributed by atoms with van der Waals surface area (Å²) in [5.74, 6) is -0.256. The van der Waals surface area contributed by atoms with Crippen LogP contribution in [0.2, 0.25) is 0 Å². The molecule has 1 N–H and O–H groups in total. The van der Waals surface area contributed by atoms with Gasteiger partial charge >= 0.3 is 5.97 Å². The monoisotopic (exact) mass is 208 g/mol. The molecule has 0 fully saturated rings. The molecule has 0 atom stereocenters. The first-order valence-electron chi connectivity index (χ1n) is 4.34. The maximum Gasteiger partial charge on any atom is 0.338 e. The molecule has 0 aliphatic carbocycles. The van der Waals surface area contributed by atoms with Gasteiger partial charge in [0.1, 0.15) is 6.61 Å². The number of aromatic hydroxyl groups is 1. The van der Waals surface area contributed by atoms with Crippen LogP contribution in [0.25, 0.3) is 0 Å². The van der Waals surface area contributed by atoms with E-state index in [0.29, 0.717) is 5.56 Å². The van der Waals surface area contributed by atoms with Crippen molar-refractivity contribution in [2.24, 2.45) is 0 Å². The number of esters is 1. The van der Waals surface area contributed by atoms with Crippen LogP contribution in [0.15, 0.2) is 30.9 Å². The second-order valence-corrected chi connectivity index (χ2v) is 2.77. The predicted molar refractivity (Wildman–Crippen MR) is 55.1 cm³/mol. The second-order valence-electron chi connectivity index (χ2n) is 2.77. The fourth-order valence-electron chi connectivity index (χ4n) is 1.02. The van der Waals surface area contributed by atoms with Gasteiger partial charge in [0.15, 0.2) is 11.5 Å². The number of phenolic OH excluding ortho intramolecular Hbond substituents is 1. The van der Waals surface area contributed by atoms with Gasteiger partial charge in [0, 0.05) is 0 Å². The first-order chi connectivity index (χ1) is 7.19. The highest BCUT2D eigenvalue weighted by Crippen LogP contribution is 2.26. The molecule has 1 aromatic rings. The summed E-state index contributed by atoms with van der Waals surface area (Å²) in [6, 6.07) is 4.26. The van der Waals surface area contributed by atoms with Crippen LogP contribution in [0.1, 0.15) is 10.4 Å². The molecule has 0 amide bonds. The highest BCUT2D eigenvalue weighted by atomic mass is 16.5. The van der Waals surface area contributed by atoms with E-state index in [0.717, 1.165) is 0 Å². The fourth-order valence-corrected chi connectivity index (χ4v) is 1.02. The molecule has 0 aromatic heterocycles. The van der Waals surface area contributed by atoms with Crippen LogP contribution in [0.4, 0.5) is 0 Å².